The average Bonchev–Trinajstić information content (AvgIpc) is 2.99. The van der Waals surface area contributed by atoms with Crippen molar-refractivity contribution in [3.8, 4) is 0 Å². The lowest BCUT2D eigenvalue weighted by molar-refractivity contribution is -0.111. The molecule has 3 aromatic rings. The predicted octanol–water partition coefficient (Wildman–Crippen LogP) is 5.13. The first kappa shape index (κ1) is 16.9. The lowest BCUT2D eigenvalue weighted by atomic mass is 10.0. The van der Waals surface area contributed by atoms with Crippen molar-refractivity contribution in [2.75, 3.05) is 10.6 Å². The number of hydrogen-bond acceptors (Lipinski definition) is 3. The molecule has 3 heteroatoms. The second-order valence-corrected chi connectivity index (χ2v) is 6.40. The number of para-hydroxylation sites is 2. The highest BCUT2D eigenvalue weighted by Crippen LogP contribution is 2.27. The fourth-order valence-electron chi connectivity index (χ4n) is 3.12. The van der Waals surface area contributed by atoms with Crippen molar-refractivity contribution < 1.29 is 4.79 Å². The highest BCUT2D eigenvalue weighted by Gasteiger charge is 2.30. The minimum atomic E-state index is -0.189. The van der Waals surface area contributed by atoms with E-state index in [-0.39, 0.29) is 11.8 Å². The van der Waals surface area contributed by atoms with Gasteiger partial charge in [-0.1, -0.05) is 66.7 Å². The summed E-state index contributed by atoms with van der Waals surface area (Å²) in [6.07, 6.45) is 3.91. The molecule has 0 spiro atoms. The molecular weight excluding hydrogens is 332 g/mol. The van der Waals surface area contributed by atoms with Gasteiger partial charge in [-0.15, -0.1) is 0 Å². The Morgan fingerprint density at radius 1 is 0.704 bits per heavy atom. The molecule has 0 radical (unpaired) electrons. The number of hydrogen-bond donors (Lipinski definition) is 2. The van der Waals surface area contributed by atoms with E-state index in [0.717, 1.165) is 22.5 Å². The van der Waals surface area contributed by atoms with Crippen LogP contribution in [-0.2, 0) is 4.79 Å². The number of benzene rings is 3. The van der Waals surface area contributed by atoms with Gasteiger partial charge >= 0.3 is 0 Å². The van der Waals surface area contributed by atoms with Gasteiger partial charge in [0, 0.05) is 16.9 Å². The third kappa shape index (κ3) is 3.98. The number of Topliss-reactive ketones (excluding diaryl/α,β-unsaturated/α-hetero) is 1. The summed E-state index contributed by atoms with van der Waals surface area (Å²) in [6.45, 7) is 0. The van der Waals surface area contributed by atoms with Gasteiger partial charge in [-0.25, -0.2) is 0 Å². The summed E-state index contributed by atoms with van der Waals surface area (Å²) < 4.78 is 0. The SMILES string of the molecule is O=C1C(Nc2ccccc2)=C[C@H](Nc2ccccc2)/C1=C/c1ccccc1. The maximum atomic E-state index is 13.1. The third-order valence-electron chi connectivity index (χ3n) is 4.45. The van der Waals surface area contributed by atoms with Crippen LogP contribution in [0.15, 0.2) is 108 Å². The largest absolute Gasteiger partial charge is 0.374 e. The molecule has 0 aromatic heterocycles. The lowest BCUT2D eigenvalue weighted by Crippen LogP contribution is -2.19. The molecule has 1 aliphatic carbocycles. The van der Waals surface area contributed by atoms with Crippen molar-refractivity contribution in [3.63, 3.8) is 0 Å². The summed E-state index contributed by atoms with van der Waals surface area (Å²) in [5.41, 5.74) is 4.21. The molecule has 0 fully saturated rings. The highest BCUT2D eigenvalue weighted by molar-refractivity contribution is 6.16. The summed E-state index contributed by atoms with van der Waals surface area (Å²) in [7, 11) is 0. The zero-order valence-corrected chi connectivity index (χ0v) is 14.8. The van der Waals surface area contributed by atoms with Crippen LogP contribution in [0.25, 0.3) is 6.08 Å². The van der Waals surface area contributed by atoms with Gasteiger partial charge in [-0.2, -0.15) is 0 Å². The topological polar surface area (TPSA) is 41.1 Å². The Morgan fingerprint density at radius 3 is 1.89 bits per heavy atom. The quantitative estimate of drug-likeness (QED) is 0.626. The number of allylic oxidation sites excluding steroid dienone is 1. The fourth-order valence-corrected chi connectivity index (χ4v) is 3.12. The van der Waals surface area contributed by atoms with Crippen LogP contribution in [0, 0.1) is 0 Å². The van der Waals surface area contributed by atoms with Crippen molar-refractivity contribution in [2.24, 2.45) is 0 Å². The fraction of sp³-hybridized carbons (Fsp3) is 0.0417. The molecule has 0 heterocycles. The van der Waals surface area contributed by atoms with E-state index >= 15 is 0 Å². The Balaban J connectivity index is 1.66. The van der Waals surface area contributed by atoms with E-state index in [1.165, 1.54) is 0 Å². The lowest BCUT2D eigenvalue weighted by Gasteiger charge is -2.14. The Morgan fingerprint density at radius 2 is 1.26 bits per heavy atom. The molecule has 0 saturated heterocycles. The van der Waals surface area contributed by atoms with Crippen molar-refractivity contribution in [3.05, 3.63) is 114 Å². The van der Waals surface area contributed by atoms with E-state index in [1.807, 2.05) is 103 Å². The summed E-state index contributed by atoms with van der Waals surface area (Å²) in [5.74, 6) is 0.0103. The van der Waals surface area contributed by atoms with E-state index in [1.54, 1.807) is 0 Å². The van der Waals surface area contributed by atoms with Crippen LogP contribution in [0.2, 0.25) is 0 Å². The standard InChI is InChI=1S/C24H20N2O/c27-24-21(16-18-10-4-1-5-11-18)22(25-19-12-6-2-7-13-19)17-23(24)26-20-14-8-3-9-15-20/h1-17,22,25-26H/b21-16-/t22-/m0/s1. The molecule has 1 aliphatic rings. The van der Waals surface area contributed by atoms with E-state index in [4.69, 9.17) is 0 Å². The monoisotopic (exact) mass is 352 g/mol. The maximum absolute atomic E-state index is 13.1. The van der Waals surface area contributed by atoms with Gasteiger partial charge in [0.25, 0.3) is 0 Å². The van der Waals surface area contributed by atoms with Gasteiger partial charge in [-0.3, -0.25) is 4.79 Å². The van der Waals surface area contributed by atoms with Crippen LogP contribution in [0.3, 0.4) is 0 Å². The maximum Gasteiger partial charge on any atom is 0.207 e. The summed E-state index contributed by atoms with van der Waals surface area (Å²) >= 11 is 0. The summed E-state index contributed by atoms with van der Waals surface area (Å²) in [5, 5.41) is 6.70. The zero-order valence-electron chi connectivity index (χ0n) is 14.8. The molecule has 4 rings (SSSR count). The predicted molar refractivity (Wildman–Crippen MR) is 111 cm³/mol. The van der Waals surface area contributed by atoms with Crippen molar-refractivity contribution in [2.45, 2.75) is 6.04 Å². The molecule has 1 atom stereocenters. The van der Waals surface area contributed by atoms with E-state index < -0.39 is 0 Å². The third-order valence-corrected chi connectivity index (χ3v) is 4.45. The molecule has 27 heavy (non-hydrogen) atoms. The normalized spacial score (nSPS) is 17.6. The van der Waals surface area contributed by atoms with Gasteiger partial charge in [0.1, 0.15) is 0 Å². The molecule has 3 aromatic carbocycles. The summed E-state index contributed by atoms with van der Waals surface area (Å²) in [4.78, 5) is 13.1. The number of rotatable bonds is 5. The molecule has 3 nitrogen and oxygen atoms in total. The molecular formula is C24H20N2O. The first-order valence-corrected chi connectivity index (χ1v) is 8.96. The number of anilines is 2. The van der Waals surface area contributed by atoms with Crippen molar-refractivity contribution in [1.29, 1.82) is 0 Å². The number of ketones is 1. The van der Waals surface area contributed by atoms with Crippen LogP contribution in [0.1, 0.15) is 5.56 Å². The molecule has 0 saturated carbocycles. The second kappa shape index (κ2) is 7.75. The number of nitrogens with one attached hydrogen (secondary N) is 2. The average molecular weight is 352 g/mol. The molecule has 0 amide bonds. The first-order valence-electron chi connectivity index (χ1n) is 8.96. The smallest absolute Gasteiger partial charge is 0.207 e. The van der Waals surface area contributed by atoms with E-state index in [9.17, 15) is 4.79 Å². The van der Waals surface area contributed by atoms with E-state index in [2.05, 4.69) is 10.6 Å². The number of carbonyl (C=O) groups is 1. The summed E-state index contributed by atoms with van der Waals surface area (Å²) in [6, 6.07) is 29.4. The molecule has 2 N–H and O–H groups in total. The minimum absolute atomic E-state index is 0.0103. The molecule has 0 unspecified atom stereocenters. The Bertz CT molecular complexity index is 977. The van der Waals surface area contributed by atoms with Gasteiger partial charge in [0.15, 0.2) is 0 Å². The van der Waals surface area contributed by atoms with Gasteiger partial charge in [0.05, 0.1) is 11.7 Å². The van der Waals surface area contributed by atoms with Crippen molar-refractivity contribution >= 4 is 23.2 Å². The van der Waals surface area contributed by atoms with Crippen molar-refractivity contribution in [1.82, 2.24) is 0 Å². The zero-order chi connectivity index (χ0) is 18.5. The van der Waals surface area contributed by atoms with Crippen LogP contribution in [0.5, 0.6) is 0 Å². The minimum Gasteiger partial charge on any atom is -0.374 e. The second-order valence-electron chi connectivity index (χ2n) is 6.40. The van der Waals surface area contributed by atoms with Crippen LogP contribution >= 0.6 is 0 Å². The van der Waals surface area contributed by atoms with Gasteiger partial charge < -0.3 is 10.6 Å². The Kier molecular flexibility index (Phi) is 4.84. The highest BCUT2D eigenvalue weighted by atomic mass is 16.1. The van der Waals surface area contributed by atoms with Gasteiger partial charge in [-0.05, 0) is 42.0 Å². The Hall–Kier alpha value is -3.59. The molecule has 0 aliphatic heterocycles. The van der Waals surface area contributed by atoms with Crippen LogP contribution < -0.4 is 10.6 Å². The van der Waals surface area contributed by atoms with Crippen LogP contribution in [0.4, 0.5) is 11.4 Å². The first-order chi connectivity index (χ1) is 13.3. The molecule has 0 bridgehead atoms. The van der Waals surface area contributed by atoms with E-state index in [0.29, 0.717) is 5.70 Å². The molecule has 132 valence electrons. The van der Waals surface area contributed by atoms with Gasteiger partial charge in [0.2, 0.25) is 5.78 Å². The number of carbonyl (C=O) groups excluding carboxylic acids is 1. The Labute approximate surface area is 159 Å². The van der Waals surface area contributed by atoms with Crippen LogP contribution in [-0.4, -0.2) is 11.8 Å².